The summed E-state index contributed by atoms with van der Waals surface area (Å²) >= 11 is 0. The molecule has 4 rings (SSSR count). The predicted octanol–water partition coefficient (Wildman–Crippen LogP) is 3.94. The van der Waals surface area contributed by atoms with Crippen LogP contribution in [0.15, 0.2) is 48.5 Å². The summed E-state index contributed by atoms with van der Waals surface area (Å²) in [5.74, 6) is 0. The first kappa shape index (κ1) is 13.7. The van der Waals surface area contributed by atoms with Crippen LogP contribution in [0.3, 0.4) is 0 Å². The molecule has 1 nitrogen and oxygen atoms in total. The number of nitrogens with one attached hydrogen (secondary N) is 1. The molecule has 2 aromatic rings. The van der Waals surface area contributed by atoms with Crippen molar-refractivity contribution in [2.75, 3.05) is 0 Å². The molecule has 2 heteroatoms. The van der Waals surface area contributed by atoms with Crippen LogP contribution < -0.4 is 5.32 Å². The topological polar surface area (TPSA) is 12.0 Å². The molecule has 0 fully saturated rings. The molecule has 2 atom stereocenters. The van der Waals surface area contributed by atoms with Crippen LogP contribution >= 0.6 is 12.4 Å². The highest BCUT2D eigenvalue weighted by atomic mass is 35.5. The Morgan fingerprint density at radius 3 is 1.60 bits per heavy atom. The van der Waals surface area contributed by atoms with Gasteiger partial charge in [0.05, 0.1) is 0 Å². The molecule has 0 spiro atoms. The van der Waals surface area contributed by atoms with Gasteiger partial charge in [-0.05, 0) is 48.9 Å². The third kappa shape index (κ3) is 1.73. The third-order valence-electron chi connectivity index (χ3n) is 4.87. The largest absolute Gasteiger partial charge is 0.298 e. The van der Waals surface area contributed by atoms with E-state index in [1.54, 1.807) is 0 Å². The second kappa shape index (κ2) is 4.34. The molecule has 2 heterocycles. The molecule has 0 radical (unpaired) electrons. The minimum Gasteiger partial charge on any atom is -0.298 e. The van der Waals surface area contributed by atoms with Gasteiger partial charge in [0.2, 0.25) is 0 Å². The normalized spacial score (nSPS) is 29.9. The van der Waals surface area contributed by atoms with Gasteiger partial charge in [-0.25, -0.2) is 0 Å². The number of fused-ring (bicyclic) bond motifs is 6. The zero-order valence-electron chi connectivity index (χ0n) is 11.9. The van der Waals surface area contributed by atoms with Crippen LogP contribution in [0.25, 0.3) is 0 Å². The number of rotatable bonds is 0. The fraction of sp³-hybridized carbons (Fsp3) is 0.333. The molecule has 20 heavy (non-hydrogen) atoms. The van der Waals surface area contributed by atoms with Crippen molar-refractivity contribution in [2.24, 2.45) is 0 Å². The Kier molecular flexibility index (Phi) is 2.97. The van der Waals surface area contributed by atoms with E-state index >= 15 is 0 Å². The zero-order valence-corrected chi connectivity index (χ0v) is 12.8. The Balaban J connectivity index is 0.00000121. The monoisotopic (exact) mass is 285 g/mol. The Morgan fingerprint density at radius 2 is 1.15 bits per heavy atom. The third-order valence-corrected chi connectivity index (χ3v) is 4.87. The van der Waals surface area contributed by atoms with Crippen LogP contribution in [0.5, 0.6) is 0 Å². The molecule has 2 unspecified atom stereocenters. The summed E-state index contributed by atoms with van der Waals surface area (Å²) in [4.78, 5) is 0. The molecule has 0 saturated carbocycles. The number of halogens is 1. The van der Waals surface area contributed by atoms with E-state index in [0.29, 0.717) is 0 Å². The van der Waals surface area contributed by atoms with Crippen LogP contribution in [0.1, 0.15) is 36.1 Å². The average Bonchev–Trinajstić information content (AvgIpc) is 2.53. The SMILES string of the molecule is CC12Cc3ccccc3CC(C)(N1)c1ccccc12.Cl. The molecular weight excluding hydrogens is 266 g/mol. The van der Waals surface area contributed by atoms with Crippen LogP contribution in [0.4, 0.5) is 0 Å². The van der Waals surface area contributed by atoms with Crippen molar-refractivity contribution in [3.05, 3.63) is 70.8 Å². The second-order valence-electron chi connectivity index (χ2n) is 6.46. The Bertz CT molecular complexity index is 610. The number of benzene rings is 2. The summed E-state index contributed by atoms with van der Waals surface area (Å²) in [6.07, 6.45) is 2.16. The molecule has 104 valence electrons. The fourth-order valence-corrected chi connectivity index (χ4v) is 4.13. The quantitative estimate of drug-likeness (QED) is 0.773. The number of hydrogen-bond donors (Lipinski definition) is 1. The van der Waals surface area contributed by atoms with E-state index in [-0.39, 0.29) is 23.5 Å². The lowest BCUT2D eigenvalue weighted by Gasteiger charge is -2.29. The predicted molar refractivity (Wildman–Crippen MR) is 85.4 cm³/mol. The first-order valence-corrected chi connectivity index (χ1v) is 7.07. The molecule has 2 aromatic carbocycles. The van der Waals surface area contributed by atoms with E-state index in [2.05, 4.69) is 67.7 Å². The van der Waals surface area contributed by atoms with Gasteiger partial charge in [-0.2, -0.15) is 0 Å². The van der Waals surface area contributed by atoms with E-state index in [1.165, 1.54) is 22.3 Å². The first-order valence-electron chi connectivity index (χ1n) is 7.07. The smallest absolute Gasteiger partial charge is 0.0457 e. The highest BCUT2D eigenvalue weighted by molar-refractivity contribution is 5.85. The maximum absolute atomic E-state index is 3.92. The summed E-state index contributed by atoms with van der Waals surface area (Å²) in [5, 5.41) is 3.92. The van der Waals surface area contributed by atoms with E-state index < -0.39 is 0 Å². The van der Waals surface area contributed by atoms with Gasteiger partial charge in [0.15, 0.2) is 0 Å². The maximum Gasteiger partial charge on any atom is 0.0457 e. The summed E-state index contributed by atoms with van der Waals surface area (Å²) in [6, 6.07) is 17.8. The van der Waals surface area contributed by atoms with Crippen molar-refractivity contribution in [3.8, 4) is 0 Å². The minimum absolute atomic E-state index is 0. The van der Waals surface area contributed by atoms with E-state index in [4.69, 9.17) is 0 Å². The van der Waals surface area contributed by atoms with E-state index in [9.17, 15) is 0 Å². The van der Waals surface area contributed by atoms with Gasteiger partial charge >= 0.3 is 0 Å². The highest BCUT2D eigenvalue weighted by Crippen LogP contribution is 2.47. The molecule has 0 amide bonds. The zero-order chi connectivity index (χ0) is 13.1. The van der Waals surface area contributed by atoms with Gasteiger partial charge in [0.25, 0.3) is 0 Å². The van der Waals surface area contributed by atoms with Gasteiger partial charge in [0.1, 0.15) is 0 Å². The van der Waals surface area contributed by atoms with Gasteiger partial charge < -0.3 is 0 Å². The van der Waals surface area contributed by atoms with Gasteiger partial charge in [-0.1, -0.05) is 48.5 Å². The van der Waals surface area contributed by atoms with E-state index in [0.717, 1.165) is 12.8 Å². The molecule has 2 aliphatic rings. The summed E-state index contributed by atoms with van der Waals surface area (Å²) in [5.41, 5.74) is 6.08. The second-order valence-corrected chi connectivity index (χ2v) is 6.46. The lowest BCUT2D eigenvalue weighted by molar-refractivity contribution is 0.288. The summed E-state index contributed by atoms with van der Waals surface area (Å²) in [7, 11) is 0. The Hall–Kier alpha value is -1.31. The van der Waals surface area contributed by atoms with E-state index in [1.807, 2.05) is 0 Å². The molecule has 0 aromatic heterocycles. The Morgan fingerprint density at radius 1 is 0.750 bits per heavy atom. The van der Waals surface area contributed by atoms with Crippen molar-refractivity contribution < 1.29 is 0 Å². The maximum atomic E-state index is 3.92. The van der Waals surface area contributed by atoms with Crippen LogP contribution in [-0.4, -0.2) is 0 Å². The molecule has 1 N–H and O–H groups in total. The standard InChI is InChI=1S/C18H19N.ClH/c1-17-11-13-7-3-4-8-14(13)12-18(2,19-17)16-10-6-5-9-15(16)17;/h3-10,19H,11-12H2,1-2H3;1H. The molecule has 2 aliphatic heterocycles. The number of hydrogen-bond acceptors (Lipinski definition) is 1. The molecule has 0 aliphatic carbocycles. The van der Waals surface area contributed by atoms with Gasteiger partial charge in [0, 0.05) is 11.1 Å². The fourth-order valence-electron chi connectivity index (χ4n) is 4.13. The van der Waals surface area contributed by atoms with Crippen molar-refractivity contribution in [1.29, 1.82) is 0 Å². The van der Waals surface area contributed by atoms with Gasteiger partial charge in [-0.3, -0.25) is 5.32 Å². The first-order chi connectivity index (χ1) is 9.11. The van der Waals surface area contributed by atoms with Crippen LogP contribution in [-0.2, 0) is 23.9 Å². The lowest BCUT2D eigenvalue weighted by Crippen LogP contribution is -2.44. The van der Waals surface area contributed by atoms with Crippen molar-refractivity contribution >= 4 is 12.4 Å². The summed E-state index contributed by atoms with van der Waals surface area (Å²) < 4.78 is 0. The average molecular weight is 286 g/mol. The molecule has 2 bridgehead atoms. The summed E-state index contributed by atoms with van der Waals surface area (Å²) in [6.45, 7) is 4.69. The van der Waals surface area contributed by atoms with Crippen molar-refractivity contribution in [3.63, 3.8) is 0 Å². The molecular formula is C18H20ClN. The highest BCUT2D eigenvalue weighted by Gasteiger charge is 2.48. The van der Waals surface area contributed by atoms with Crippen LogP contribution in [0.2, 0.25) is 0 Å². The lowest BCUT2D eigenvalue weighted by atomic mass is 9.79. The minimum atomic E-state index is 0. The molecule has 0 saturated heterocycles. The van der Waals surface area contributed by atoms with Crippen LogP contribution in [0, 0.1) is 0 Å². The van der Waals surface area contributed by atoms with Gasteiger partial charge in [-0.15, -0.1) is 12.4 Å². The van der Waals surface area contributed by atoms with Crippen molar-refractivity contribution in [1.82, 2.24) is 5.32 Å². The Labute approximate surface area is 126 Å². The van der Waals surface area contributed by atoms with Crippen molar-refractivity contribution in [2.45, 2.75) is 37.8 Å².